The first-order valence-electron chi connectivity index (χ1n) is 10.3. The summed E-state index contributed by atoms with van der Waals surface area (Å²) in [4.78, 5) is 12.6. The molecule has 0 atom stereocenters. The zero-order valence-electron chi connectivity index (χ0n) is 18.7. The van der Waals surface area contributed by atoms with Gasteiger partial charge in [0, 0.05) is 12.6 Å². The van der Waals surface area contributed by atoms with Gasteiger partial charge in [-0.15, -0.1) is 0 Å². The van der Waals surface area contributed by atoms with E-state index in [1.807, 2.05) is 24.3 Å². The van der Waals surface area contributed by atoms with Crippen LogP contribution in [0.3, 0.4) is 0 Å². The molecule has 0 aliphatic heterocycles. The Morgan fingerprint density at radius 3 is 2.39 bits per heavy atom. The van der Waals surface area contributed by atoms with Crippen LogP contribution in [0.5, 0.6) is 11.5 Å². The van der Waals surface area contributed by atoms with Gasteiger partial charge in [-0.3, -0.25) is 9.10 Å². The van der Waals surface area contributed by atoms with Crippen molar-refractivity contribution >= 4 is 33.4 Å². The largest absolute Gasteiger partial charge is 0.497 e. The van der Waals surface area contributed by atoms with Crippen LogP contribution in [0.1, 0.15) is 12.5 Å². The molecule has 0 spiro atoms. The molecule has 3 aromatic carbocycles. The molecule has 0 bridgehead atoms. The van der Waals surface area contributed by atoms with Gasteiger partial charge in [0.15, 0.2) is 0 Å². The summed E-state index contributed by atoms with van der Waals surface area (Å²) in [6, 6.07) is 20.5. The number of anilines is 2. The van der Waals surface area contributed by atoms with E-state index in [-0.39, 0.29) is 17.1 Å². The van der Waals surface area contributed by atoms with Gasteiger partial charge in [-0.1, -0.05) is 30.3 Å². The quantitative estimate of drug-likeness (QED) is 0.467. The zero-order chi connectivity index (χ0) is 23.8. The van der Waals surface area contributed by atoms with Gasteiger partial charge in [0.2, 0.25) is 5.91 Å². The number of hydrogen-bond donors (Lipinski definition) is 1. The lowest BCUT2D eigenvalue weighted by atomic mass is 10.2. The number of carbonyl (C=O) groups excluding carboxylic acids is 1. The molecule has 172 valence electrons. The monoisotopic (exact) mass is 466 g/mol. The molecule has 0 aliphatic rings. The molecule has 3 rings (SSSR count). The molecule has 8 heteroatoms. The van der Waals surface area contributed by atoms with Crippen LogP contribution >= 0.6 is 0 Å². The first kappa shape index (κ1) is 23.9. The standard InChI is InChI=1S/C25H26N2O5S/c1-4-27(20-10-6-5-7-11-20)33(29,30)22-14-15-24(32-3)23(18-22)26-25(28)16-13-19-9-8-12-21(17-19)31-2/h5-18H,4H2,1-3H3,(H,26,28)/b16-13+. The van der Waals surface area contributed by atoms with Gasteiger partial charge >= 0.3 is 0 Å². The van der Waals surface area contributed by atoms with Crippen molar-refractivity contribution in [1.29, 1.82) is 0 Å². The summed E-state index contributed by atoms with van der Waals surface area (Å²) in [6.45, 7) is 2.02. The molecule has 33 heavy (non-hydrogen) atoms. The van der Waals surface area contributed by atoms with Gasteiger partial charge in [-0.25, -0.2) is 8.42 Å². The Labute approximate surface area is 194 Å². The van der Waals surface area contributed by atoms with Crippen LogP contribution in [0.25, 0.3) is 6.08 Å². The van der Waals surface area contributed by atoms with Crippen LogP contribution in [0.2, 0.25) is 0 Å². The third kappa shape index (κ3) is 5.72. The molecule has 3 aromatic rings. The van der Waals surface area contributed by atoms with Crippen molar-refractivity contribution in [2.24, 2.45) is 0 Å². The van der Waals surface area contributed by atoms with Crippen LogP contribution < -0.4 is 19.1 Å². The van der Waals surface area contributed by atoms with Crippen LogP contribution in [-0.4, -0.2) is 35.1 Å². The molecular formula is C25H26N2O5S. The summed E-state index contributed by atoms with van der Waals surface area (Å²) in [7, 11) is -0.834. The average Bonchev–Trinajstić information content (AvgIpc) is 2.84. The van der Waals surface area contributed by atoms with Gasteiger partial charge in [-0.05, 0) is 61.0 Å². The molecule has 0 fully saturated rings. The van der Waals surface area contributed by atoms with E-state index in [1.165, 1.54) is 35.7 Å². The van der Waals surface area contributed by atoms with Crippen molar-refractivity contribution in [2.75, 3.05) is 30.4 Å². The van der Waals surface area contributed by atoms with Crippen molar-refractivity contribution in [3.05, 3.63) is 84.4 Å². The van der Waals surface area contributed by atoms with Gasteiger partial charge in [0.1, 0.15) is 11.5 Å². The number of benzene rings is 3. The second-order valence-electron chi connectivity index (χ2n) is 6.97. The fraction of sp³-hybridized carbons (Fsp3) is 0.160. The number of amides is 1. The molecular weight excluding hydrogens is 440 g/mol. The molecule has 0 heterocycles. The van der Waals surface area contributed by atoms with Crippen molar-refractivity contribution in [1.82, 2.24) is 0 Å². The fourth-order valence-corrected chi connectivity index (χ4v) is 4.75. The summed E-state index contributed by atoms with van der Waals surface area (Å²) >= 11 is 0. The summed E-state index contributed by atoms with van der Waals surface area (Å²) in [5, 5.41) is 2.70. The Morgan fingerprint density at radius 1 is 0.970 bits per heavy atom. The van der Waals surface area contributed by atoms with E-state index in [1.54, 1.807) is 50.4 Å². The normalized spacial score (nSPS) is 11.2. The molecule has 1 N–H and O–H groups in total. The third-order valence-electron chi connectivity index (χ3n) is 4.87. The predicted octanol–water partition coefficient (Wildman–Crippen LogP) is 4.57. The van der Waals surface area contributed by atoms with Crippen molar-refractivity contribution in [3.63, 3.8) is 0 Å². The van der Waals surface area contributed by atoms with Gasteiger partial charge < -0.3 is 14.8 Å². The lowest BCUT2D eigenvalue weighted by Gasteiger charge is -2.23. The van der Waals surface area contributed by atoms with E-state index in [2.05, 4.69) is 5.32 Å². The molecule has 0 saturated heterocycles. The molecule has 0 saturated carbocycles. The average molecular weight is 467 g/mol. The molecule has 0 unspecified atom stereocenters. The van der Waals surface area contributed by atoms with Gasteiger partial charge in [0.25, 0.3) is 10.0 Å². The number of para-hydroxylation sites is 1. The van der Waals surface area contributed by atoms with E-state index in [4.69, 9.17) is 9.47 Å². The number of ether oxygens (including phenoxy) is 2. The minimum atomic E-state index is -3.86. The maximum Gasteiger partial charge on any atom is 0.264 e. The van der Waals surface area contributed by atoms with Crippen molar-refractivity contribution in [3.8, 4) is 11.5 Å². The topological polar surface area (TPSA) is 84.9 Å². The number of carbonyl (C=O) groups is 1. The number of nitrogens with one attached hydrogen (secondary N) is 1. The summed E-state index contributed by atoms with van der Waals surface area (Å²) < 4.78 is 38.4. The van der Waals surface area contributed by atoms with Crippen LogP contribution in [-0.2, 0) is 14.8 Å². The maximum absolute atomic E-state index is 13.3. The van der Waals surface area contributed by atoms with E-state index < -0.39 is 15.9 Å². The second kappa shape index (κ2) is 10.7. The first-order chi connectivity index (χ1) is 15.9. The number of rotatable bonds is 9. The van der Waals surface area contributed by atoms with E-state index in [0.29, 0.717) is 17.2 Å². The van der Waals surface area contributed by atoms with Crippen LogP contribution in [0.15, 0.2) is 83.8 Å². The smallest absolute Gasteiger partial charge is 0.264 e. The Hall–Kier alpha value is -3.78. The molecule has 7 nitrogen and oxygen atoms in total. The molecule has 0 aliphatic carbocycles. The highest BCUT2D eigenvalue weighted by Gasteiger charge is 2.25. The summed E-state index contributed by atoms with van der Waals surface area (Å²) in [5.41, 5.74) is 1.60. The van der Waals surface area contributed by atoms with E-state index >= 15 is 0 Å². The van der Waals surface area contributed by atoms with Crippen molar-refractivity contribution in [2.45, 2.75) is 11.8 Å². The van der Waals surface area contributed by atoms with Crippen LogP contribution in [0.4, 0.5) is 11.4 Å². The van der Waals surface area contributed by atoms with Gasteiger partial charge in [-0.2, -0.15) is 0 Å². The predicted molar refractivity (Wildman–Crippen MR) is 130 cm³/mol. The number of sulfonamides is 1. The minimum absolute atomic E-state index is 0.0427. The minimum Gasteiger partial charge on any atom is -0.497 e. The highest BCUT2D eigenvalue weighted by Crippen LogP contribution is 2.30. The maximum atomic E-state index is 13.3. The number of nitrogens with zero attached hydrogens (tertiary/aromatic N) is 1. The first-order valence-corrected chi connectivity index (χ1v) is 11.7. The fourth-order valence-electron chi connectivity index (χ4n) is 3.25. The highest BCUT2D eigenvalue weighted by atomic mass is 32.2. The van der Waals surface area contributed by atoms with Gasteiger partial charge in [0.05, 0.1) is 30.5 Å². The molecule has 1 amide bonds. The lowest BCUT2D eigenvalue weighted by molar-refractivity contribution is -0.111. The number of methoxy groups -OCH3 is 2. The van der Waals surface area contributed by atoms with E-state index in [0.717, 1.165) is 5.56 Å². The third-order valence-corrected chi connectivity index (χ3v) is 6.77. The zero-order valence-corrected chi connectivity index (χ0v) is 19.5. The Balaban J connectivity index is 1.87. The SMILES string of the molecule is CCN(c1ccccc1)S(=O)(=O)c1ccc(OC)c(NC(=O)/C=C/c2cccc(OC)c2)c1. The molecule has 0 aromatic heterocycles. The Kier molecular flexibility index (Phi) is 7.74. The Morgan fingerprint density at radius 2 is 1.73 bits per heavy atom. The summed E-state index contributed by atoms with van der Waals surface area (Å²) in [6.07, 6.45) is 3.00. The second-order valence-corrected chi connectivity index (χ2v) is 8.83. The summed E-state index contributed by atoms with van der Waals surface area (Å²) in [5.74, 6) is 0.594. The number of hydrogen-bond acceptors (Lipinski definition) is 5. The molecule has 0 radical (unpaired) electrons. The van der Waals surface area contributed by atoms with Crippen LogP contribution in [0, 0.1) is 0 Å². The highest BCUT2D eigenvalue weighted by molar-refractivity contribution is 7.92. The van der Waals surface area contributed by atoms with E-state index in [9.17, 15) is 13.2 Å². The van der Waals surface area contributed by atoms with Crippen molar-refractivity contribution < 1.29 is 22.7 Å². The lowest BCUT2D eigenvalue weighted by Crippen LogP contribution is -2.30. The Bertz CT molecular complexity index is 1240.